The van der Waals surface area contributed by atoms with Crippen molar-refractivity contribution >= 4 is 21.8 Å². The van der Waals surface area contributed by atoms with E-state index in [1.165, 1.54) is 6.20 Å². The molecule has 1 atom stereocenters. The second-order valence-corrected chi connectivity index (χ2v) is 4.89. The first-order valence-electron chi connectivity index (χ1n) is 5.85. The summed E-state index contributed by atoms with van der Waals surface area (Å²) in [5.74, 6) is 0.273. The third-order valence-corrected chi connectivity index (χ3v) is 2.96. The van der Waals surface area contributed by atoms with Crippen molar-refractivity contribution in [2.75, 3.05) is 0 Å². The first-order valence-corrected chi connectivity index (χ1v) is 6.64. The van der Waals surface area contributed by atoms with E-state index in [1.54, 1.807) is 12.3 Å². The van der Waals surface area contributed by atoms with Crippen molar-refractivity contribution in [3.63, 3.8) is 0 Å². The minimum absolute atomic E-state index is 0.211. The normalized spacial score (nSPS) is 12.1. The van der Waals surface area contributed by atoms with Gasteiger partial charge in [-0.25, -0.2) is 0 Å². The highest BCUT2D eigenvalue weighted by Gasteiger charge is 2.18. The van der Waals surface area contributed by atoms with Crippen LogP contribution in [-0.2, 0) is 0 Å². The summed E-state index contributed by atoms with van der Waals surface area (Å²) in [7, 11) is 0. The van der Waals surface area contributed by atoms with Crippen LogP contribution in [0.15, 0.2) is 22.9 Å². The Bertz CT molecular complexity index is 544. The predicted octanol–water partition coefficient (Wildman–Crippen LogP) is 1.63. The molecule has 0 aliphatic rings. The Morgan fingerprint density at radius 2 is 2.37 bits per heavy atom. The smallest absolute Gasteiger partial charge is 0.253 e. The van der Waals surface area contributed by atoms with E-state index in [4.69, 9.17) is 0 Å². The van der Waals surface area contributed by atoms with Gasteiger partial charge in [-0.2, -0.15) is 5.21 Å². The molecule has 0 aliphatic carbocycles. The summed E-state index contributed by atoms with van der Waals surface area (Å²) < 4.78 is 0.756. The Kier molecular flexibility index (Phi) is 4.56. The maximum Gasteiger partial charge on any atom is 0.253 e. The summed E-state index contributed by atoms with van der Waals surface area (Å²) in [5.41, 5.74) is 0.485. The Morgan fingerprint density at radius 3 is 3.00 bits per heavy atom. The number of hydrogen-bond donors (Lipinski definition) is 2. The summed E-state index contributed by atoms with van der Waals surface area (Å²) >= 11 is 3.28. The fourth-order valence-electron chi connectivity index (χ4n) is 1.65. The molecule has 2 aromatic heterocycles. The van der Waals surface area contributed by atoms with Crippen LogP contribution in [0.25, 0.3) is 0 Å². The average Bonchev–Trinajstić information content (AvgIpc) is 2.92. The topological polar surface area (TPSA) is 96.5 Å². The number of halogens is 1. The van der Waals surface area contributed by atoms with Gasteiger partial charge in [0.05, 0.1) is 11.6 Å². The lowest BCUT2D eigenvalue weighted by atomic mass is 10.1. The number of pyridine rings is 1. The van der Waals surface area contributed by atoms with Gasteiger partial charge in [-0.3, -0.25) is 9.78 Å². The highest BCUT2D eigenvalue weighted by atomic mass is 79.9. The number of H-pyrrole nitrogens is 1. The highest BCUT2D eigenvalue weighted by Crippen LogP contribution is 2.15. The molecule has 0 saturated heterocycles. The Balaban J connectivity index is 2.11. The molecule has 2 N–H and O–H groups in total. The number of nitrogens with zero attached hydrogens (tertiary/aromatic N) is 4. The fraction of sp³-hybridized carbons (Fsp3) is 0.364. The number of carbonyl (C=O) groups is 1. The van der Waals surface area contributed by atoms with E-state index in [9.17, 15) is 4.79 Å². The lowest BCUT2D eigenvalue weighted by Crippen LogP contribution is -2.29. The van der Waals surface area contributed by atoms with Gasteiger partial charge in [-0.15, -0.1) is 10.2 Å². The van der Waals surface area contributed by atoms with Gasteiger partial charge >= 0.3 is 0 Å². The molecule has 19 heavy (non-hydrogen) atoms. The summed E-state index contributed by atoms with van der Waals surface area (Å²) in [5, 5.41) is 16.6. The van der Waals surface area contributed by atoms with Gasteiger partial charge in [-0.1, -0.05) is 18.6 Å². The fourth-order valence-corrected chi connectivity index (χ4v) is 2.01. The first kappa shape index (κ1) is 13.6. The zero-order chi connectivity index (χ0) is 13.7. The lowest BCUT2D eigenvalue weighted by molar-refractivity contribution is 0.0932. The van der Waals surface area contributed by atoms with Crippen LogP contribution in [0.1, 0.15) is 42.0 Å². The predicted molar refractivity (Wildman–Crippen MR) is 71.2 cm³/mol. The maximum absolute atomic E-state index is 12.1. The van der Waals surface area contributed by atoms with E-state index in [0.717, 1.165) is 17.3 Å². The number of nitrogens with one attached hydrogen (secondary N) is 2. The molecule has 2 heterocycles. The van der Waals surface area contributed by atoms with E-state index >= 15 is 0 Å². The van der Waals surface area contributed by atoms with Gasteiger partial charge in [0.25, 0.3) is 5.91 Å². The molecule has 0 radical (unpaired) electrons. The molecule has 0 fully saturated rings. The van der Waals surface area contributed by atoms with Gasteiger partial charge in [-0.05, 0) is 28.4 Å². The Hall–Kier alpha value is -1.83. The van der Waals surface area contributed by atoms with E-state index < -0.39 is 0 Å². The number of rotatable bonds is 5. The quantitative estimate of drug-likeness (QED) is 0.871. The third kappa shape index (κ3) is 3.57. The van der Waals surface area contributed by atoms with Crippen LogP contribution in [0.5, 0.6) is 0 Å². The lowest BCUT2D eigenvalue weighted by Gasteiger charge is -2.14. The van der Waals surface area contributed by atoms with E-state index in [-0.39, 0.29) is 11.9 Å². The number of tetrazole rings is 1. The molecule has 1 amide bonds. The second-order valence-electron chi connectivity index (χ2n) is 3.98. The van der Waals surface area contributed by atoms with Crippen LogP contribution in [0, 0.1) is 0 Å². The maximum atomic E-state index is 12.1. The molecule has 0 saturated carbocycles. The van der Waals surface area contributed by atoms with Crippen LogP contribution in [0.2, 0.25) is 0 Å². The van der Waals surface area contributed by atoms with Crippen molar-refractivity contribution < 1.29 is 4.79 Å². The van der Waals surface area contributed by atoms with E-state index in [0.29, 0.717) is 11.4 Å². The summed E-state index contributed by atoms with van der Waals surface area (Å²) in [6.45, 7) is 2.03. The molecular formula is C11H13BrN6O. The largest absolute Gasteiger partial charge is 0.342 e. The molecule has 0 aromatic carbocycles. The van der Waals surface area contributed by atoms with Gasteiger partial charge in [0.15, 0.2) is 5.82 Å². The number of aromatic nitrogens is 5. The van der Waals surface area contributed by atoms with Crippen LogP contribution in [-0.4, -0.2) is 31.5 Å². The molecule has 2 rings (SSSR count). The second kappa shape index (κ2) is 6.37. The molecule has 7 nitrogen and oxygen atoms in total. The standard InChI is InChI=1S/C11H13BrN6O/c1-2-3-9(10-15-17-18-16-10)14-11(19)7-4-8(12)6-13-5-7/h4-6,9H,2-3H2,1H3,(H,14,19)(H,15,16,17,18)/t9-/m0/s1. The van der Waals surface area contributed by atoms with Gasteiger partial charge < -0.3 is 5.32 Å². The average molecular weight is 325 g/mol. The van der Waals surface area contributed by atoms with Crippen LogP contribution in [0.4, 0.5) is 0 Å². The SMILES string of the molecule is CCC[C@H](NC(=O)c1cncc(Br)c1)c1nn[nH]n1. The zero-order valence-corrected chi connectivity index (χ0v) is 11.9. The highest BCUT2D eigenvalue weighted by molar-refractivity contribution is 9.10. The number of aromatic amines is 1. The van der Waals surface area contributed by atoms with Gasteiger partial charge in [0.1, 0.15) is 0 Å². The zero-order valence-electron chi connectivity index (χ0n) is 10.3. The third-order valence-electron chi connectivity index (χ3n) is 2.52. The van der Waals surface area contributed by atoms with Crippen molar-refractivity contribution in [3.8, 4) is 0 Å². The molecule has 8 heteroatoms. The molecule has 0 aliphatic heterocycles. The molecule has 100 valence electrons. The summed E-state index contributed by atoms with van der Waals surface area (Å²) in [4.78, 5) is 16.1. The number of amides is 1. The van der Waals surface area contributed by atoms with E-state index in [2.05, 4.69) is 46.9 Å². The summed E-state index contributed by atoms with van der Waals surface area (Å²) in [6.07, 6.45) is 4.78. The first-order chi connectivity index (χ1) is 9.20. The van der Waals surface area contributed by atoms with Crippen molar-refractivity contribution in [1.82, 2.24) is 30.9 Å². The van der Waals surface area contributed by atoms with Crippen molar-refractivity contribution in [1.29, 1.82) is 0 Å². The van der Waals surface area contributed by atoms with Crippen molar-refractivity contribution in [3.05, 3.63) is 34.3 Å². The number of carbonyl (C=O) groups excluding carboxylic acids is 1. The van der Waals surface area contributed by atoms with Gasteiger partial charge in [0.2, 0.25) is 0 Å². The Morgan fingerprint density at radius 1 is 1.53 bits per heavy atom. The molecule has 2 aromatic rings. The van der Waals surface area contributed by atoms with E-state index in [1.807, 2.05) is 6.92 Å². The van der Waals surface area contributed by atoms with Crippen LogP contribution in [0.3, 0.4) is 0 Å². The van der Waals surface area contributed by atoms with Crippen molar-refractivity contribution in [2.24, 2.45) is 0 Å². The number of hydrogen-bond acceptors (Lipinski definition) is 5. The minimum Gasteiger partial charge on any atom is -0.342 e. The molecular weight excluding hydrogens is 312 g/mol. The molecule has 0 bridgehead atoms. The van der Waals surface area contributed by atoms with Crippen LogP contribution >= 0.6 is 15.9 Å². The monoisotopic (exact) mass is 324 g/mol. The van der Waals surface area contributed by atoms with Crippen molar-refractivity contribution in [2.45, 2.75) is 25.8 Å². The Labute approximate surface area is 118 Å². The molecule has 0 spiro atoms. The minimum atomic E-state index is -0.254. The molecule has 0 unspecified atom stereocenters. The van der Waals surface area contributed by atoms with Gasteiger partial charge in [0, 0.05) is 16.9 Å². The summed E-state index contributed by atoms with van der Waals surface area (Å²) in [6, 6.07) is 1.46. The van der Waals surface area contributed by atoms with Crippen LogP contribution < -0.4 is 5.32 Å².